The van der Waals surface area contributed by atoms with Gasteiger partial charge in [-0.15, -0.1) is 0 Å². The Labute approximate surface area is 161 Å². The van der Waals surface area contributed by atoms with Gasteiger partial charge >= 0.3 is 10.4 Å². The summed E-state index contributed by atoms with van der Waals surface area (Å²) in [4.78, 5) is 0. The predicted octanol–water partition coefficient (Wildman–Crippen LogP) is 2.25. The third-order valence-corrected chi connectivity index (χ3v) is 5.17. The van der Waals surface area contributed by atoms with Crippen LogP contribution in [0.4, 0.5) is 0 Å². The molecule has 9 heteroatoms. The number of aryl methyl sites for hydroxylation is 2. The molecular formula is C19H18NO7S+. The third-order valence-electron chi connectivity index (χ3n) is 4.78. The van der Waals surface area contributed by atoms with E-state index in [1.165, 1.54) is 20.3 Å². The van der Waals surface area contributed by atoms with E-state index in [4.69, 9.17) is 14.0 Å². The molecule has 8 nitrogen and oxygen atoms in total. The van der Waals surface area contributed by atoms with E-state index in [0.717, 1.165) is 22.2 Å². The van der Waals surface area contributed by atoms with Crippen molar-refractivity contribution < 1.29 is 36.3 Å². The van der Waals surface area contributed by atoms with Crippen molar-refractivity contribution in [3.8, 4) is 34.3 Å². The van der Waals surface area contributed by atoms with Gasteiger partial charge in [0.1, 0.15) is 0 Å². The zero-order valence-corrected chi connectivity index (χ0v) is 16.0. The zero-order chi connectivity index (χ0) is 20.1. The number of hydrogen-bond acceptors (Lipinski definition) is 6. The number of aromatic hydroxyl groups is 1. The second kappa shape index (κ2) is 6.54. The van der Waals surface area contributed by atoms with Gasteiger partial charge < -0.3 is 18.8 Å². The van der Waals surface area contributed by atoms with Crippen LogP contribution in [0.15, 0.2) is 36.5 Å². The van der Waals surface area contributed by atoms with Crippen molar-refractivity contribution in [2.45, 2.75) is 13.0 Å². The molecule has 2 heterocycles. The Kier molecular flexibility index (Phi) is 4.28. The van der Waals surface area contributed by atoms with Crippen LogP contribution >= 0.6 is 0 Å². The summed E-state index contributed by atoms with van der Waals surface area (Å²) in [6.45, 7) is 0.663. The van der Waals surface area contributed by atoms with Crippen molar-refractivity contribution in [2.24, 2.45) is 0 Å². The number of rotatable bonds is 4. The highest BCUT2D eigenvalue weighted by atomic mass is 32.3. The minimum atomic E-state index is -4.67. The topological polar surface area (TPSA) is 106 Å². The first-order chi connectivity index (χ1) is 13.3. The van der Waals surface area contributed by atoms with E-state index >= 15 is 0 Å². The third kappa shape index (κ3) is 3.08. The largest absolute Gasteiger partial charge is 0.504 e. The lowest BCUT2D eigenvalue weighted by atomic mass is 9.95. The Bertz CT molecular complexity index is 1200. The normalized spacial score (nSPS) is 13.0. The van der Waals surface area contributed by atoms with Gasteiger partial charge in [-0.2, -0.15) is 13.0 Å². The number of hydrogen-bond donors (Lipinski definition) is 2. The van der Waals surface area contributed by atoms with Gasteiger partial charge in [0.15, 0.2) is 35.7 Å². The van der Waals surface area contributed by atoms with Crippen LogP contribution in [-0.2, 0) is 23.4 Å². The van der Waals surface area contributed by atoms with E-state index in [2.05, 4.69) is 4.18 Å². The molecule has 146 valence electrons. The van der Waals surface area contributed by atoms with Gasteiger partial charge in [-0.1, -0.05) is 0 Å². The molecule has 4 rings (SSSR count). The van der Waals surface area contributed by atoms with Crippen molar-refractivity contribution in [3.63, 3.8) is 0 Å². The molecule has 0 unspecified atom stereocenters. The van der Waals surface area contributed by atoms with E-state index in [9.17, 15) is 13.5 Å². The summed E-state index contributed by atoms with van der Waals surface area (Å²) < 4.78 is 48.4. The van der Waals surface area contributed by atoms with Crippen molar-refractivity contribution in [3.05, 3.63) is 42.1 Å². The molecule has 1 aromatic heterocycles. The molecule has 0 fully saturated rings. The number of aromatic nitrogens is 1. The fourth-order valence-electron chi connectivity index (χ4n) is 3.58. The van der Waals surface area contributed by atoms with Gasteiger partial charge in [-0.25, -0.2) is 0 Å². The number of nitrogens with zero attached hydrogens (tertiary/aromatic N) is 1. The quantitative estimate of drug-likeness (QED) is 0.507. The van der Waals surface area contributed by atoms with Gasteiger partial charge in [0.05, 0.1) is 25.2 Å². The van der Waals surface area contributed by atoms with Gasteiger partial charge in [0.25, 0.3) is 0 Å². The summed E-state index contributed by atoms with van der Waals surface area (Å²) >= 11 is 0. The Morgan fingerprint density at radius 2 is 1.86 bits per heavy atom. The number of methoxy groups -OCH3 is 2. The van der Waals surface area contributed by atoms with Crippen molar-refractivity contribution >= 4 is 21.2 Å². The lowest BCUT2D eigenvalue weighted by Crippen LogP contribution is -2.40. The first kappa shape index (κ1) is 18.3. The van der Waals surface area contributed by atoms with Crippen LogP contribution in [-0.4, -0.2) is 32.3 Å². The Hall–Kier alpha value is -3.04. The minimum Gasteiger partial charge on any atom is -0.504 e. The summed E-state index contributed by atoms with van der Waals surface area (Å²) in [5, 5.41) is 11.5. The number of ether oxygens (including phenoxy) is 2. The lowest BCUT2D eigenvalue weighted by Gasteiger charge is -2.18. The summed E-state index contributed by atoms with van der Waals surface area (Å²) in [5.41, 5.74) is 2.88. The monoisotopic (exact) mass is 404 g/mol. The van der Waals surface area contributed by atoms with E-state index in [-0.39, 0.29) is 17.2 Å². The number of pyridine rings is 1. The van der Waals surface area contributed by atoms with Crippen molar-refractivity contribution in [1.29, 1.82) is 0 Å². The van der Waals surface area contributed by atoms with E-state index in [0.29, 0.717) is 24.1 Å². The smallest absolute Gasteiger partial charge is 0.446 e. The number of phenolic OH excluding ortho intramolecular Hbond substituents is 1. The molecule has 0 atom stereocenters. The van der Waals surface area contributed by atoms with E-state index < -0.39 is 10.4 Å². The lowest BCUT2D eigenvalue weighted by molar-refractivity contribution is -0.686. The van der Waals surface area contributed by atoms with Crippen LogP contribution in [0.3, 0.4) is 0 Å². The molecule has 0 aliphatic carbocycles. The van der Waals surface area contributed by atoms with E-state index in [1.54, 1.807) is 18.2 Å². The van der Waals surface area contributed by atoms with Gasteiger partial charge in [-0.05, 0) is 35.2 Å². The fourth-order valence-corrected chi connectivity index (χ4v) is 3.94. The maximum atomic E-state index is 11.1. The van der Waals surface area contributed by atoms with Crippen LogP contribution in [0.25, 0.3) is 22.0 Å². The molecule has 2 aromatic carbocycles. The van der Waals surface area contributed by atoms with Gasteiger partial charge in [-0.3, -0.25) is 4.55 Å². The summed E-state index contributed by atoms with van der Waals surface area (Å²) in [5.74, 6) is 0.603. The number of phenols is 1. The molecule has 0 spiro atoms. The highest BCUT2D eigenvalue weighted by Gasteiger charge is 2.27. The highest BCUT2D eigenvalue weighted by molar-refractivity contribution is 7.81. The standard InChI is InChI=1S/C19H17NO7S/c1-25-18-9-13-12(8-16(18)21)5-6-20-10-14-11(7-15(13)20)3-4-17(19(14)26-2)27-28(22,23)24/h3-4,7-10H,5-6H2,1-2H3,(H,22,23,24)/p+1. The molecule has 0 saturated heterocycles. The molecule has 2 N–H and O–H groups in total. The summed E-state index contributed by atoms with van der Waals surface area (Å²) in [6, 6.07) is 8.57. The number of fused-ring (bicyclic) bond motifs is 4. The van der Waals surface area contributed by atoms with Crippen molar-refractivity contribution in [2.75, 3.05) is 14.2 Å². The predicted molar refractivity (Wildman–Crippen MR) is 100 cm³/mol. The average molecular weight is 404 g/mol. The second-order valence-corrected chi connectivity index (χ2v) is 7.42. The highest BCUT2D eigenvalue weighted by Crippen LogP contribution is 2.40. The average Bonchev–Trinajstić information content (AvgIpc) is 2.64. The summed E-state index contributed by atoms with van der Waals surface area (Å²) in [6.07, 6.45) is 2.56. The minimum absolute atomic E-state index is 0.0964. The molecule has 3 aromatic rings. The van der Waals surface area contributed by atoms with Crippen LogP contribution in [0.5, 0.6) is 23.0 Å². The van der Waals surface area contributed by atoms with Crippen LogP contribution < -0.4 is 18.2 Å². The van der Waals surface area contributed by atoms with Crippen molar-refractivity contribution in [1.82, 2.24) is 0 Å². The molecule has 0 radical (unpaired) electrons. The zero-order valence-electron chi connectivity index (χ0n) is 15.2. The van der Waals surface area contributed by atoms with Crippen LogP contribution in [0.2, 0.25) is 0 Å². The molecule has 1 aliphatic heterocycles. The second-order valence-electron chi connectivity index (χ2n) is 6.39. The first-order valence-corrected chi connectivity index (χ1v) is 9.78. The molecule has 1 aliphatic rings. The molecule has 28 heavy (non-hydrogen) atoms. The number of benzene rings is 2. The first-order valence-electron chi connectivity index (χ1n) is 8.42. The maximum Gasteiger partial charge on any atom is 0.446 e. The fraction of sp³-hybridized carbons (Fsp3) is 0.211. The Balaban J connectivity index is 1.93. The van der Waals surface area contributed by atoms with Gasteiger partial charge in [0, 0.05) is 12.5 Å². The summed E-state index contributed by atoms with van der Waals surface area (Å²) in [7, 11) is -1.77. The van der Waals surface area contributed by atoms with Crippen LogP contribution in [0, 0.1) is 0 Å². The SMILES string of the molecule is COc1cc2c(cc1O)CC[n+]1cc3c(OC)c(OS(=O)(=O)O)ccc3cc1-2. The molecule has 0 bridgehead atoms. The van der Waals surface area contributed by atoms with Gasteiger partial charge in [0.2, 0.25) is 5.69 Å². The molecule has 0 saturated carbocycles. The maximum absolute atomic E-state index is 11.1. The Morgan fingerprint density at radius 3 is 2.54 bits per heavy atom. The van der Waals surface area contributed by atoms with Crippen LogP contribution in [0.1, 0.15) is 5.56 Å². The Morgan fingerprint density at radius 1 is 1.07 bits per heavy atom. The molecular weight excluding hydrogens is 386 g/mol. The van der Waals surface area contributed by atoms with E-state index in [1.807, 2.05) is 16.8 Å². The molecule has 0 amide bonds.